The van der Waals surface area contributed by atoms with Gasteiger partial charge in [0.05, 0.1) is 6.61 Å². The van der Waals surface area contributed by atoms with Crippen molar-refractivity contribution in [3.05, 3.63) is 53.3 Å². The summed E-state index contributed by atoms with van der Waals surface area (Å²) >= 11 is 0. The molecule has 0 fully saturated rings. The SMILES string of the molecule is CCOC(=O)c1nn(C)cc1CN[C@@H](C(=O)O)c1ccccc1. The molecule has 23 heavy (non-hydrogen) atoms. The zero-order chi connectivity index (χ0) is 16.8. The molecule has 1 atom stereocenters. The van der Waals surface area contributed by atoms with Crippen LogP contribution in [0.25, 0.3) is 0 Å². The first-order valence-electron chi connectivity index (χ1n) is 7.23. The van der Waals surface area contributed by atoms with Gasteiger partial charge >= 0.3 is 11.9 Å². The summed E-state index contributed by atoms with van der Waals surface area (Å²) in [6.45, 7) is 2.16. The Morgan fingerprint density at radius 3 is 2.65 bits per heavy atom. The van der Waals surface area contributed by atoms with Crippen molar-refractivity contribution in [3.63, 3.8) is 0 Å². The van der Waals surface area contributed by atoms with Crippen LogP contribution in [0.5, 0.6) is 0 Å². The van der Waals surface area contributed by atoms with E-state index in [1.54, 1.807) is 44.4 Å². The number of carbonyl (C=O) groups excluding carboxylic acids is 1. The van der Waals surface area contributed by atoms with Gasteiger partial charge in [0.2, 0.25) is 0 Å². The van der Waals surface area contributed by atoms with Gasteiger partial charge in [0.1, 0.15) is 6.04 Å². The highest BCUT2D eigenvalue weighted by Crippen LogP contribution is 2.15. The number of ether oxygens (including phenoxy) is 1. The number of aromatic nitrogens is 2. The monoisotopic (exact) mass is 317 g/mol. The van der Waals surface area contributed by atoms with E-state index in [1.807, 2.05) is 6.07 Å². The van der Waals surface area contributed by atoms with Crippen LogP contribution in [-0.2, 0) is 23.1 Å². The van der Waals surface area contributed by atoms with Crippen molar-refractivity contribution in [2.45, 2.75) is 19.5 Å². The number of carboxylic acids is 1. The first kappa shape index (κ1) is 16.7. The molecule has 122 valence electrons. The minimum Gasteiger partial charge on any atom is -0.480 e. The zero-order valence-electron chi connectivity index (χ0n) is 13.0. The van der Waals surface area contributed by atoms with E-state index in [2.05, 4.69) is 10.4 Å². The Hall–Kier alpha value is -2.67. The van der Waals surface area contributed by atoms with Crippen LogP contribution in [0.1, 0.15) is 34.6 Å². The average Bonchev–Trinajstić information content (AvgIpc) is 2.89. The summed E-state index contributed by atoms with van der Waals surface area (Å²) in [4.78, 5) is 23.4. The number of carbonyl (C=O) groups is 2. The second kappa shape index (κ2) is 7.55. The molecule has 0 bridgehead atoms. The molecule has 1 heterocycles. The molecule has 2 rings (SSSR count). The van der Waals surface area contributed by atoms with E-state index in [0.717, 1.165) is 0 Å². The molecule has 1 aromatic carbocycles. The van der Waals surface area contributed by atoms with E-state index in [0.29, 0.717) is 11.1 Å². The predicted molar refractivity (Wildman–Crippen MR) is 82.8 cm³/mol. The van der Waals surface area contributed by atoms with E-state index < -0.39 is 18.0 Å². The summed E-state index contributed by atoms with van der Waals surface area (Å²) in [6, 6.07) is 7.99. The third-order valence-electron chi connectivity index (χ3n) is 3.25. The topological polar surface area (TPSA) is 93.5 Å². The molecule has 0 amide bonds. The van der Waals surface area contributed by atoms with Crippen molar-refractivity contribution in [1.29, 1.82) is 0 Å². The fourth-order valence-electron chi connectivity index (χ4n) is 2.24. The quantitative estimate of drug-likeness (QED) is 0.752. The molecule has 7 nitrogen and oxygen atoms in total. The molecule has 0 spiro atoms. The lowest BCUT2D eigenvalue weighted by Gasteiger charge is -2.14. The first-order chi connectivity index (χ1) is 11.0. The Bertz CT molecular complexity index is 682. The summed E-state index contributed by atoms with van der Waals surface area (Å²) in [5.41, 5.74) is 1.42. The standard InChI is InChI=1S/C16H19N3O4/c1-3-23-16(22)14-12(10-19(2)18-14)9-17-13(15(20)21)11-7-5-4-6-8-11/h4-8,10,13,17H,3,9H2,1-2H3,(H,20,21)/t13-/m1/s1. The normalized spacial score (nSPS) is 11.9. The van der Waals surface area contributed by atoms with Crippen LogP contribution in [0.2, 0.25) is 0 Å². The van der Waals surface area contributed by atoms with E-state index in [9.17, 15) is 14.7 Å². The van der Waals surface area contributed by atoms with Gasteiger partial charge in [0, 0.05) is 25.4 Å². The summed E-state index contributed by atoms with van der Waals surface area (Å²) in [5, 5.41) is 16.4. The van der Waals surface area contributed by atoms with Crippen molar-refractivity contribution in [1.82, 2.24) is 15.1 Å². The number of aliphatic carboxylic acids is 1. The predicted octanol–water partition coefficient (Wildman–Crippen LogP) is 1.51. The van der Waals surface area contributed by atoms with Crippen LogP contribution in [0, 0.1) is 0 Å². The molecule has 2 N–H and O–H groups in total. The highest BCUT2D eigenvalue weighted by atomic mass is 16.5. The summed E-state index contributed by atoms with van der Waals surface area (Å²) in [7, 11) is 1.69. The summed E-state index contributed by atoms with van der Waals surface area (Å²) in [5.74, 6) is -1.51. The highest BCUT2D eigenvalue weighted by molar-refractivity contribution is 5.88. The maximum atomic E-state index is 11.9. The van der Waals surface area contributed by atoms with Gasteiger partial charge in [-0.1, -0.05) is 30.3 Å². The maximum absolute atomic E-state index is 11.9. The summed E-state index contributed by atoms with van der Waals surface area (Å²) < 4.78 is 6.46. The van der Waals surface area contributed by atoms with Gasteiger partial charge < -0.3 is 9.84 Å². The van der Waals surface area contributed by atoms with Crippen molar-refractivity contribution >= 4 is 11.9 Å². The number of rotatable bonds is 7. The minimum atomic E-state index is -0.988. The van der Waals surface area contributed by atoms with Gasteiger partial charge in [-0.15, -0.1) is 0 Å². The first-order valence-corrected chi connectivity index (χ1v) is 7.23. The Balaban J connectivity index is 2.16. The fraction of sp³-hybridized carbons (Fsp3) is 0.312. The van der Waals surface area contributed by atoms with Crippen molar-refractivity contribution < 1.29 is 19.4 Å². The van der Waals surface area contributed by atoms with E-state index >= 15 is 0 Å². The van der Waals surface area contributed by atoms with Crippen LogP contribution < -0.4 is 5.32 Å². The smallest absolute Gasteiger partial charge is 0.359 e. The van der Waals surface area contributed by atoms with Gasteiger partial charge in [-0.2, -0.15) is 5.10 Å². The van der Waals surface area contributed by atoms with Crippen LogP contribution in [0.4, 0.5) is 0 Å². The highest BCUT2D eigenvalue weighted by Gasteiger charge is 2.22. The number of esters is 1. The number of hydrogen-bond acceptors (Lipinski definition) is 5. The molecule has 1 aromatic heterocycles. The molecule has 0 unspecified atom stereocenters. The van der Waals surface area contributed by atoms with Crippen LogP contribution in [-0.4, -0.2) is 33.4 Å². The third-order valence-corrected chi connectivity index (χ3v) is 3.25. The Morgan fingerprint density at radius 1 is 1.35 bits per heavy atom. The largest absolute Gasteiger partial charge is 0.480 e. The third kappa shape index (κ3) is 4.17. The molecule has 0 aliphatic carbocycles. The van der Waals surface area contributed by atoms with Crippen LogP contribution >= 0.6 is 0 Å². The molecule has 0 radical (unpaired) electrons. The number of nitrogens with zero attached hydrogens (tertiary/aromatic N) is 2. The van der Waals surface area contributed by atoms with Crippen LogP contribution in [0.3, 0.4) is 0 Å². The van der Waals surface area contributed by atoms with Gasteiger partial charge in [-0.05, 0) is 12.5 Å². The van der Waals surface area contributed by atoms with Crippen molar-refractivity contribution in [3.8, 4) is 0 Å². The summed E-state index contributed by atoms with van der Waals surface area (Å²) in [6.07, 6.45) is 1.67. The fourth-order valence-corrected chi connectivity index (χ4v) is 2.24. The molecule has 7 heteroatoms. The van der Waals surface area contributed by atoms with Gasteiger partial charge in [-0.25, -0.2) is 4.79 Å². The lowest BCUT2D eigenvalue weighted by molar-refractivity contribution is -0.139. The van der Waals surface area contributed by atoms with E-state index in [1.165, 1.54) is 4.68 Å². The molecular formula is C16H19N3O4. The average molecular weight is 317 g/mol. The molecule has 0 aliphatic heterocycles. The Labute approximate surface area is 133 Å². The second-order valence-electron chi connectivity index (χ2n) is 4.96. The lowest BCUT2D eigenvalue weighted by Crippen LogP contribution is -2.28. The molecule has 2 aromatic rings. The number of nitrogens with one attached hydrogen (secondary N) is 1. The van der Waals surface area contributed by atoms with Crippen molar-refractivity contribution in [2.75, 3.05) is 6.61 Å². The number of benzene rings is 1. The lowest BCUT2D eigenvalue weighted by atomic mass is 10.1. The molecule has 0 aliphatic rings. The van der Waals surface area contributed by atoms with E-state index in [-0.39, 0.29) is 18.8 Å². The number of carboxylic acid groups (broad SMARTS) is 1. The molecular weight excluding hydrogens is 298 g/mol. The van der Waals surface area contributed by atoms with Crippen LogP contribution in [0.15, 0.2) is 36.5 Å². The zero-order valence-corrected chi connectivity index (χ0v) is 13.0. The minimum absolute atomic E-state index is 0.188. The molecule has 0 saturated carbocycles. The maximum Gasteiger partial charge on any atom is 0.359 e. The van der Waals surface area contributed by atoms with E-state index in [4.69, 9.17) is 4.74 Å². The Kier molecular flexibility index (Phi) is 5.48. The number of hydrogen-bond donors (Lipinski definition) is 2. The van der Waals surface area contributed by atoms with Gasteiger partial charge in [-0.3, -0.25) is 14.8 Å². The van der Waals surface area contributed by atoms with Crippen molar-refractivity contribution in [2.24, 2.45) is 7.05 Å². The second-order valence-corrected chi connectivity index (χ2v) is 4.96. The Morgan fingerprint density at radius 2 is 2.04 bits per heavy atom. The van der Waals surface area contributed by atoms with Gasteiger partial charge in [0.15, 0.2) is 5.69 Å². The number of aryl methyl sites for hydroxylation is 1. The van der Waals surface area contributed by atoms with Gasteiger partial charge in [0.25, 0.3) is 0 Å². The molecule has 0 saturated heterocycles.